The molecule has 2 rings (SSSR count). The van der Waals surface area contributed by atoms with Gasteiger partial charge in [0, 0.05) is 6.04 Å². The Morgan fingerprint density at radius 1 is 1.40 bits per heavy atom. The van der Waals surface area contributed by atoms with Gasteiger partial charge >= 0.3 is 5.97 Å². The summed E-state index contributed by atoms with van der Waals surface area (Å²) in [6, 6.07) is 8.09. The fourth-order valence-electron chi connectivity index (χ4n) is 2.10. The van der Waals surface area contributed by atoms with Gasteiger partial charge in [0.15, 0.2) is 0 Å². The Morgan fingerprint density at radius 3 is 2.40 bits per heavy atom. The Bertz CT molecular complexity index is 351. The smallest absolute Gasteiger partial charge is 0.320 e. The first-order valence-electron chi connectivity index (χ1n) is 5.22. The third-order valence-electron chi connectivity index (χ3n) is 2.91. The zero-order chi connectivity index (χ0) is 10.8. The Hall–Kier alpha value is -1.35. The fraction of sp³-hybridized carbons (Fsp3) is 0.417. The molecule has 0 saturated heterocycles. The molecule has 0 bridgehead atoms. The average molecular weight is 205 g/mol. The molecule has 0 aliphatic heterocycles. The van der Waals surface area contributed by atoms with Gasteiger partial charge in [-0.1, -0.05) is 24.3 Å². The number of hydrogen-bond acceptors (Lipinski definition) is 2. The Labute approximate surface area is 89.1 Å². The fourth-order valence-corrected chi connectivity index (χ4v) is 2.10. The van der Waals surface area contributed by atoms with Crippen LogP contribution < -0.4 is 5.32 Å². The van der Waals surface area contributed by atoms with Crippen molar-refractivity contribution in [3.05, 3.63) is 35.4 Å². The first-order chi connectivity index (χ1) is 7.16. The van der Waals surface area contributed by atoms with Crippen molar-refractivity contribution in [2.24, 2.45) is 0 Å². The lowest BCUT2D eigenvalue weighted by molar-refractivity contribution is -0.139. The van der Waals surface area contributed by atoms with E-state index in [0.29, 0.717) is 0 Å². The highest BCUT2D eigenvalue weighted by Crippen LogP contribution is 2.21. The van der Waals surface area contributed by atoms with Crippen LogP contribution in [-0.2, 0) is 17.6 Å². The van der Waals surface area contributed by atoms with Gasteiger partial charge in [-0.2, -0.15) is 0 Å². The van der Waals surface area contributed by atoms with E-state index in [2.05, 4.69) is 17.4 Å². The maximum absolute atomic E-state index is 10.7. The van der Waals surface area contributed by atoms with E-state index in [1.807, 2.05) is 12.1 Å². The predicted molar refractivity (Wildman–Crippen MR) is 57.9 cm³/mol. The van der Waals surface area contributed by atoms with Crippen molar-refractivity contribution >= 4 is 5.97 Å². The largest absolute Gasteiger partial charge is 0.480 e. The zero-order valence-corrected chi connectivity index (χ0v) is 8.73. The third kappa shape index (κ3) is 2.18. The van der Waals surface area contributed by atoms with E-state index in [-0.39, 0.29) is 6.04 Å². The number of carboxylic acids is 1. The van der Waals surface area contributed by atoms with E-state index in [1.54, 1.807) is 6.92 Å². The Kier molecular flexibility index (Phi) is 2.73. The highest BCUT2D eigenvalue weighted by molar-refractivity contribution is 5.72. The number of carboxylic acid groups (broad SMARTS) is 1. The quantitative estimate of drug-likeness (QED) is 0.780. The number of rotatable bonds is 3. The van der Waals surface area contributed by atoms with Gasteiger partial charge in [-0.05, 0) is 30.9 Å². The highest BCUT2D eigenvalue weighted by Gasteiger charge is 2.23. The first kappa shape index (κ1) is 10.2. The van der Waals surface area contributed by atoms with Crippen molar-refractivity contribution in [2.45, 2.75) is 31.8 Å². The number of nitrogens with one attached hydrogen (secondary N) is 1. The molecular formula is C12H15NO2. The molecule has 1 aliphatic carbocycles. The second-order valence-corrected chi connectivity index (χ2v) is 4.10. The Morgan fingerprint density at radius 2 is 1.93 bits per heavy atom. The molecule has 3 heteroatoms. The topological polar surface area (TPSA) is 49.3 Å². The van der Waals surface area contributed by atoms with Crippen LogP contribution in [0.25, 0.3) is 0 Å². The van der Waals surface area contributed by atoms with Crippen LogP contribution in [0.2, 0.25) is 0 Å². The molecular weight excluding hydrogens is 190 g/mol. The second-order valence-electron chi connectivity index (χ2n) is 4.10. The summed E-state index contributed by atoms with van der Waals surface area (Å²) in [5.74, 6) is -0.786. The minimum absolute atomic E-state index is 0.272. The molecule has 2 N–H and O–H groups in total. The van der Waals surface area contributed by atoms with Crippen molar-refractivity contribution < 1.29 is 9.90 Å². The van der Waals surface area contributed by atoms with Crippen molar-refractivity contribution in [2.75, 3.05) is 0 Å². The van der Waals surface area contributed by atoms with Crippen LogP contribution in [0.1, 0.15) is 18.1 Å². The molecule has 1 unspecified atom stereocenters. The summed E-state index contributed by atoms with van der Waals surface area (Å²) < 4.78 is 0. The molecule has 0 aromatic heterocycles. The number of carbonyl (C=O) groups is 1. The molecule has 0 radical (unpaired) electrons. The van der Waals surface area contributed by atoms with Gasteiger partial charge in [-0.15, -0.1) is 0 Å². The SMILES string of the molecule is CC(NC1Cc2ccccc2C1)C(=O)O. The van der Waals surface area contributed by atoms with Crippen LogP contribution in [0.4, 0.5) is 0 Å². The normalized spacial score (nSPS) is 17.4. The van der Waals surface area contributed by atoms with E-state index in [1.165, 1.54) is 11.1 Å². The molecule has 1 aliphatic rings. The molecule has 0 saturated carbocycles. The lowest BCUT2D eigenvalue weighted by Crippen LogP contribution is -2.41. The van der Waals surface area contributed by atoms with Crippen molar-refractivity contribution in [3.63, 3.8) is 0 Å². The molecule has 80 valence electrons. The molecule has 1 atom stereocenters. The van der Waals surface area contributed by atoms with Gasteiger partial charge in [0.05, 0.1) is 0 Å². The maximum Gasteiger partial charge on any atom is 0.320 e. The number of aliphatic carboxylic acids is 1. The van der Waals surface area contributed by atoms with E-state index < -0.39 is 12.0 Å². The van der Waals surface area contributed by atoms with Crippen LogP contribution in [0.3, 0.4) is 0 Å². The van der Waals surface area contributed by atoms with Gasteiger partial charge < -0.3 is 10.4 Å². The predicted octanol–water partition coefficient (Wildman–Crippen LogP) is 1.22. The Balaban J connectivity index is 1.99. The van der Waals surface area contributed by atoms with Crippen LogP contribution in [-0.4, -0.2) is 23.2 Å². The molecule has 0 amide bonds. The lowest BCUT2D eigenvalue weighted by atomic mass is 10.1. The summed E-state index contributed by atoms with van der Waals surface area (Å²) in [4.78, 5) is 10.7. The monoisotopic (exact) mass is 205 g/mol. The van der Waals surface area contributed by atoms with Crippen LogP contribution in [0, 0.1) is 0 Å². The third-order valence-corrected chi connectivity index (χ3v) is 2.91. The van der Waals surface area contributed by atoms with Gasteiger partial charge in [0.2, 0.25) is 0 Å². The lowest BCUT2D eigenvalue weighted by Gasteiger charge is -2.15. The van der Waals surface area contributed by atoms with Gasteiger partial charge in [0.1, 0.15) is 6.04 Å². The molecule has 0 fully saturated rings. The summed E-state index contributed by atoms with van der Waals surface area (Å²) in [6.07, 6.45) is 1.88. The summed E-state index contributed by atoms with van der Waals surface area (Å²) in [5, 5.41) is 11.9. The molecule has 0 heterocycles. The molecule has 3 nitrogen and oxygen atoms in total. The van der Waals surface area contributed by atoms with Crippen molar-refractivity contribution in [1.82, 2.24) is 5.32 Å². The zero-order valence-electron chi connectivity index (χ0n) is 8.73. The molecule has 1 aromatic rings. The second kappa shape index (κ2) is 4.03. The summed E-state index contributed by atoms with van der Waals surface area (Å²) in [7, 11) is 0. The van der Waals surface area contributed by atoms with Crippen LogP contribution in [0.5, 0.6) is 0 Å². The van der Waals surface area contributed by atoms with Crippen LogP contribution >= 0.6 is 0 Å². The standard InChI is InChI=1S/C12H15NO2/c1-8(12(14)15)13-11-6-9-4-2-3-5-10(9)7-11/h2-5,8,11,13H,6-7H2,1H3,(H,14,15). The van der Waals surface area contributed by atoms with E-state index in [4.69, 9.17) is 5.11 Å². The molecule has 1 aromatic carbocycles. The van der Waals surface area contributed by atoms with Crippen molar-refractivity contribution in [3.8, 4) is 0 Å². The van der Waals surface area contributed by atoms with Gasteiger partial charge in [-0.3, -0.25) is 4.79 Å². The minimum Gasteiger partial charge on any atom is -0.480 e. The van der Waals surface area contributed by atoms with Gasteiger partial charge in [0.25, 0.3) is 0 Å². The minimum atomic E-state index is -0.786. The number of hydrogen-bond donors (Lipinski definition) is 2. The maximum atomic E-state index is 10.7. The average Bonchev–Trinajstić information content (AvgIpc) is 2.59. The van der Waals surface area contributed by atoms with Crippen LogP contribution in [0.15, 0.2) is 24.3 Å². The number of benzene rings is 1. The molecule has 15 heavy (non-hydrogen) atoms. The number of fused-ring (bicyclic) bond motifs is 1. The van der Waals surface area contributed by atoms with E-state index in [9.17, 15) is 4.79 Å². The first-order valence-corrected chi connectivity index (χ1v) is 5.22. The van der Waals surface area contributed by atoms with Gasteiger partial charge in [-0.25, -0.2) is 0 Å². The van der Waals surface area contributed by atoms with E-state index in [0.717, 1.165) is 12.8 Å². The van der Waals surface area contributed by atoms with E-state index >= 15 is 0 Å². The summed E-state index contributed by atoms with van der Waals surface area (Å²) >= 11 is 0. The highest BCUT2D eigenvalue weighted by atomic mass is 16.4. The summed E-state index contributed by atoms with van der Waals surface area (Å²) in [6.45, 7) is 1.69. The summed E-state index contributed by atoms with van der Waals surface area (Å²) in [5.41, 5.74) is 2.68. The van der Waals surface area contributed by atoms with Crippen molar-refractivity contribution in [1.29, 1.82) is 0 Å². The molecule has 0 spiro atoms.